The number of sulfonamides is 1. The largest absolute Gasteiger partial charge is 0.484 e. The van der Waals surface area contributed by atoms with Crippen LogP contribution in [-0.2, 0) is 10.0 Å². The van der Waals surface area contributed by atoms with Crippen molar-refractivity contribution in [3.05, 3.63) is 57.6 Å². The summed E-state index contributed by atoms with van der Waals surface area (Å²) in [5, 5.41) is 11.2. The summed E-state index contributed by atoms with van der Waals surface area (Å²) in [7, 11) is -4.14. The van der Waals surface area contributed by atoms with Gasteiger partial charge in [-0.25, -0.2) is 8.42 Å². The molecule has 0 spiro atoms. The van der Waals surface area contributed by atoms with Gasteiger partial charge in [0.15, 0.2) is 6.61 Å². The molecule has 7 nitrogen and oxygen atoms in total. The Morgan fingerprint density at radius 1 is 1.15 bits per heavy atom. The average Bonchev–Trinajstić information content (AvgIpc) is 2.52. The molecule has 26 heavy (non-hydrogen) atoms. The van der Waals surface area contributed by atoms with Crippen molar-refractivity contribution in [1.82, 2.24) is 0 Å². The highest BCUT2D eigenvalue weighted by molar-refractivity contribution is 7.92. The third-order valence-corrected chi connectivity index (χ3v) is 4.53. The van der Waals surface area contributed by atoms with Crippen molar-refractivity contribution < 1.29 is 31.2 Å². The Bertz CT molecular complexity index is 917. The Labute approximate surface area is 150 Å². The maximum atomic E-state index is 12.3. The van der Waals surface area contributed by atoms with Gasteiger partial charge in [-0.05, 0) is 24.3 Å². The second-order valence-corrected chi connectivity index (χ2v) is 7.05. The number of nitrogens with one attached hydrogen (secondary N) is 1. The van der Waals surface area contributed by atoms with Crippen molar-refractivity contribution >= 4 is 33.0 Å². The first kappa shape index (κ1) is 19.8. The minimum atomic E-state index is -4.66. The van der Waals surface area contributed by atoms with Gasteiger partial charge in [-0.15, -0.1) is 0 Å². The third kappa shape index (κ3) is 5.49. The van der Waals surface area contributed by atoms with E-state index in [4.69, 9.17) is 11.6 Å². The lowest BCUT2D eigenvalue weighted by molar-refractivity contribution is -0.384. The minimum Gasteiger partial charge on any atom is -0.484 e. The molecule has 0 radical (unpaired) electrons. The molecule has 0 saturated heterocycles. The van der Waals surface area contributed by atoms with Crippen LogP contribution in [0.5, 0.6) is 5.75 Å². The van der Waals surface area contributed by atoms with Gasteiger partial charge in [-0.1, -0.05) is 11.6 Å². The smallest absolute Gasteiger partial charge is 0.422 e. The molecule has 0 fully saturated rings. The molecule has 0 saturated carbocycles. The molecule has 0 aliphatic carbocycles. The van der Waals surface area contributed by atoms with Crippen LogP contribution in [0.3, 0.4) is 0 Å². The van der Waals surface area contributed by atoms with Crippen molar-refractivity contribution in [1.29, 1.82) is 0 Å². The highest BCUT2D eigenvalue weighted by atomic mass is 35.5. The molecule has 0 aliphatic heterocycles. The molecule has 2 aromatic carbocycles. The van der Waals surface area contributed by atoms with Gasteiger partial charge >= 0.3 is 6.18 Å². The van der Waals surface area contributed by atoms with Crippen LogP contribution in [-0.4, -0.2) is 26.1 Å². The van der Waals surface area contributed by atoms with Gasteiger partial charge in [0.1, 0.15) is 5.75 Å². The van der Waals surface area contributed by atoms with Crippen LogP contribution in [0.4, 0.5) is 24.5 Å². The summed E-state index contributed by atoms with van der Waals surface area (Å²) in [5.74, 6) is -0.509. The molecule has 0 heterocycles. The van der Waals surface area contributed by atoms with Crippen molar-refractivity contribution in [2.45, 2.75) is 11.1 Å². The molecule has 0 bridgehead atoms. The number of rotatable bonds is 6. The first-order valence-corrected chi connectivity index (χ1v) is 8.60. The van der Waals surface area contributed by atoms with E-state index in [0.29, 0.717) is 5.02 Å². The van der Waals surface area contributed by atoms with Gasteiger partial charge in [0.25, 0.3) is 15.7 Å². The van der Waals surface area contributed by atoms with Crippen molar-refractivity contribution in [2.75, 3.05) is 11.3 Å². The van der Waals surface area contributed by atoms with Gasteiger partial charge in [-0.2, -0.15) is 13.2 Å². The van der Waals surface area contributed by atoms with Crippen molar-refractivity contribution in [3.63, 3.8) is 0 Å². The molecule has 12 heteroatoms. The molecular formula is C14H10ClF3N2O5S. The summed E-state index contributed by atoms with van der Waals surface area (Å²) in [5.41, 5.74) is -0.968. The van der Waals surface area contributed by atoms with Crippen LogP contribution in [0.25, 0.3) is 0 Å². The molecule has 0 aliphatic rings. The number of alkyl halides is 3. The standard InChI is InChI=1S/C14H10ClF3N2O5S/c15-9-1-3-13(4-2-9)26(23,24)19-10-5-11(20(21)22)7-12(6-10)25-8-14(16,17)18/h1-7,19H,8H2. The van der Waals surface area contributed by atoms with E-state index in [0.717, 1.165) is 18.2 Å². The lowest BCUT2D eigenvalue weighted by Gasteiger charge is -2.12. The number of nitro groups is 1. The lowest BCUT2D eigenvalue weighted by atomic mass is 10.2. The van der Waals surface area contributed by atoms with E-state index in [1.807, 2.05) is 0 Å². The maximum absolute atomic E-state index is 12.3. The zero-order valence-corrected chi connectivity index (χ0v) is 14.2. The van der Waals surface area contributed by atoms with E-state index < -0.39 is 39.2 Å². The zero-order valence-electron chi connectivity index (χ0n) is 12.7. The highest BCUT2D eigenvalue weighted by Crippen LogP contribution is 2.29. The molecular weight excluding hydrogens is 401 g/mol. The number of ether oxygens (including phenoxy) is 1. The Hall–Kier alpha value is -2.53. The number of halogens is 4. The predicted octanol–water partition coefficient (Wildman–Crippen LogP) is 3.99. The van der Waals surface area contributed by atoms with Gasteiger partial charge in [0, 0.05) is 17.2 Å². The summed E-state index contributed by atoms with van der Waals surface area (Å²) in [4.78, 5) is 9.84. The molecule has 0 aromatic heterocycles. The molecule has 2 aromatic rings. The van der Waals surface area contributed by atoms with Crippen LogP contribution in [0, 0.1) is 10.1 Å². The fraction of sp³-hybridized carbons (Fsp3) is 0.143. The summed E-state index contributed by atoms with van der Waals surface area (Å²) >= 11 is 5.67. The maximum Gasteiger partial charge on any atom is 0.422 e. The second kappa shape index (κ2) is 7.38. The Morgan fingerprint density at radius 2 is 1.77 bits per heavy atom. The molecule has 140 valence electrons. The number of hydrogen-bond donors (Lipinski definition) is 1. The van der Waals surface area contributed by atoms with E-state index in [9.17, 15) is 31.7 Å². The average molecular weight is 411 g/mol. The Balaban J connectivity index is 2.34. The number of anilines is 1. The normalized spacial score (nSPS) is 11.8. The van der Waals surface area contributed by atoms with Gasteiger partial charge in [0.2, 0.25) is 0 Å². The molecule has 0 unspecified atom stereocenters. The van der Waals surface area contributed by atoms with E-state index in [-0.39, 0.29) is 10.6 Å². The first-order valence-electron chi connectivity index (χ1n) is 6.74. The molecule has 2 rings (SSSR count). The Morgan fingerprint density at radius 3 is 2.31 bits per heavy atom. The number of non-ortho nitro benzene ring substituents is 1. The van der Waals surface area contributed by atoms with Crippen LogP contribution < -0.4 is 9.46 Å². The summed E-state index contributed by atoms with van der Waals surface area (Å²) < 4.78 is 67.8. The Kier molecular flexibility index (Phi) is 5.62. The topological polar surface area (TPSA) is 98.5 Å². The zero-order chi connectivity index (χ0) is 19.5. The SMILES string of the molecule is O=[N+]([O-])c1cc(NS(=O)(=O)c2ccc(Cl)cc2)cc(OCC(F)(F)F)c1. The van der Waals surface area contributed by atoms with Gasteiger partial charge < -0.3 is 4.74 Å². The summed E-state index contributed by atoms with van der Waals surface area (Å²) in [6.45, 7) is -1.68. The molecule has 0 atom stereocenters. The quantitative estimate of drug-likeness (QED) is 0.573. The van der Waals surface area contributed by atoms with Crippen molar-refractivity contribution in [2.24, 2.45) is 0 Å². The van der Waals surface area contributed by atoms with E-state index in [1.165, 1.54) is 24.3 Å². The van der Waals surface area contributed by atoms with Gasteiger partial charge in [0.05, 0.1) is 21.6 Å². The number of hydrogen-bond acceptors (Lipinski definition) is 5. The first-order chi connectivity index (χ1) is 12.0. The van der Waals surface area contributed by atoms with E-state index in [1.54, 1.807) is 0 Å². The lowest BCUT2D eigenvalue weighted by Crippen LogP contribution is -2.19. The second-order valence-electron chi connectivity index (χ2n) is 4.94. The fourth-order valence-corrected chi connectivity index (χ4v) is 2.99. The van der Waals surface area contributed by atoms with Crippen LogP contribution in [0.2, 0.25) is 5.02 Å². The van der Waals surface area contributed by atoms with Crippen LogP contribution in [0.15, 0.2) is 47.4 Å². The minimum absolute atomic E-state index is 0.189. The summed E-state index contributed by atoms with van der Waals surface area (Å²) in [6, 6.07) is 7.56. The third-order valence-electron chi connectivity index (χ3n) is 2.88. The fourth-order valence-electron chi connectivity index (χ4n) is 1.82. The number of nitro benzene ring substituents is 1. The van der Waals surface area contributed by atoms with E-state index >= 15 is 0 Å². The number of nitrogens with zero attached hydrogens (tertiary/aromatic N) is 1. The monoisotopic (exact) mass is 410 g/mol. The van der Waals surface area contributed by atoms with Gasteiger partial charge in [-0.3, -0.25) is 14.8 Å². The van der Waals surface area contributed by atoms with Crippen LogP contribution >= 0.6 is 11.6 Å². The summed E-state index contributed by atoms with van der Waals surface area (Å²) in [6.07, 6.45) is -4.66. The highest BCUT2D eigenvalue weighted by Gasteiger charge is 2.29. The predicted molar refractivity (Wildman–Crippen MR) is 86.9 cm³/mol. The number of benzene rings is 2. The molecule has 0 amide bonds. The molecule has 1 N–H and O–H groups in total. The van der Waals surface area contributed by atoms with E-state index in [2.05, 4.69) is 9.46 Å². The van der Waals surface area contributed by atoms with Crippen LogP contribution in [0.1, 0.15) is 0 Å². The van der Waals surface area contributed by atoms with Crippen molar-refractivity contribution in [3.8, 4) is 5.75 Å².